The van der Waals surface area contributed by atoms with Crippen LogP contribution in [0, 0.1) is 0 Å². The molecule has 0 amide bonds. The maximum atomic E-state index is 12.4. The standard InChI is InChI=1S/C14H22N2O2S/c1-13(14-6-4-3-5-7-14)12-19(17,18)16-10-8-15(2)9-11-16/h3-7,13H,8-12H2,1-2H3. The Hall–Kier alpha value is -0.910. The second-order valence-electron chi connectivity index (χ2n) is 5.29. The molecule has 1 atom stereocenters. The number of sulfonamides is 1. The Balaban J connectivity index is 2.01. The van der Waals surface area contributed by atoms with Crippen molar-refractivity contribution < 1.29 is 8.42 Å². The zero-order chi connectivity index (χ0) is 13.9. The van der Waals surface area contributed by atoms with E-state index in [1.165, 1.54) is 0 Å². The third kappa shape index (κ3) is 3.78. The molecule has 0 aliphatic carbocycles. The average Bonchev–Trinajstić information content (AvgIpc) is 2.40. The van der Waals surface area contributed by atoms with Crippen molar-refractivity contribution in [1.29, 1.82) is 0 Å². The van der Waals surface area contributed by atoms with Crippen LogP contribution in [0.2, 0.25) is 0 Å². The number of rotatable bonds is 4. The van der Waals surface area contributed by atoms with Gasteiger partial charge < -0.3 is 4.90 Å². The van der Waals surface area contributed by atoms with Gasteiger partial charge in [-0.1, -0.05) is 37.3 Å². The molecule has 0 saturated carbocycles. The molecule has 1 aromatic rings. The van der Waals surface area contributed by atoms with Gasteiger partial charge in [-0.15, -0.1) is 0 Å². The van der Waals surface area contributed by atoms with E-state index in [1.54, 1.807) is 4.31 Å². The molecule has 0 aromatic heterocycles. The molecule has 0 radical (unpaired) electrons. The topological polar surface area (TPSA) is 40.6 Å². The van der Waals surface area contributed by atoms with E-state index in [0.29, 0.717) is 13.1 Å². The summed E-state index contributed by atoms with van der Waals surface area (Å²) in [4.78, 5) is 2.16. The van der Waals surface area contributed by atoms with Crippen molar-refractivity contribution in [1.82, 2.24) is 9.21 Å². The quantitative estimate of drug-likeness (QED) is 0.837. The molecular formula is C14H22N2O2S. The number of piperazine rings is 1. The van der Waals surface area contributed by atoms with E-state index in [1.807, 2.05) is 44.3 Å². The molecule has 1 fully saturated rings. The van der Waals surface area contributed by atoms with E-state index < -0.39 is 10.0 Å². The Bertz CT molecular complexity index is 493. The molecular weight excluding hydrogens is 260 g/mol. The lowest BCUT2D eigenvalue weighted by Crippen LogP contribution is -2.48. The maximum Gasteiger partial charge on any atom is 0.214 e. The minimum Gasteiger partial charge on any atom is -0.304 e. The fraction of sp³-hybridized carbons (Fsp3) is 0.571. The molecule has 1 aromatic carbocycles. The predicted molar refractivity (Wildman–Crippen MR) is 77.7 cm³/mol. The first kappa shape index (κ1) is 14.5. The highest BCUT2D eigenvalue weighted by atomic mass is 32.2. The molecule has 5 heteroatoms. The number of likely N-dealkylation sites (N-methyl/N-ethyl adjacent to an activating group) is 1. The molecule has 1 aliphatic rings. The van der Waals surface area contributed by atoms with Crippen LogP contribution in [-0.2, 0) is 10.0 Å². The lowest BCUT2D eigenvalue weighted by molar-refractivity contribution is 0.222. The smallest absolute Gasteiger partial charge is 0.214 e. The van der Waals surface area contributed by atoms with Crippen LogP contribution in [0.1, 0.15) is 18.4 Å². The molecule has 1 saturated heterocycles. The van der Waals surface area contributed by atoms with Crippen molar-refractivity contribution in [2.24, 2.45) is 0 Å². The first-order valence-electron chi connectivity index (χ1n) is 6.70. The molecule has 19 heavy (non-hydrogen) atoms. The van der Waals surface area contributed by atoms with Crippen LogP contribution < -0.4 is 0 Å². The van der Waals surface area contributed by atoms with Crippen molar-refractivity contribution in [3.8, 4) is 0 Å². The highest BCUT2D eigenvalue weighted by Crippen LogP contribution is 2.19. The van der Waals surface area contributed by atoms with Crippen LogP contribution in [0.4, 0.5) is 0 Å². The molecule has 2 rings (SSSR count). The van der Waals surface area contributed by atoms with Gasteiger partial charge in [0.15, 0.2) is 0 Å². The van der Waals surface area contributed by atoms with Crippen molar-refractivity contribution >= 4 is 10.0 Å². The summed E-state index contributed by atoms with van der Waals surface area (Å²) in [5, 5.41) is 0. The Labute approximate surface area is 116 Å². The fourth-order valence-corrected chi connectivity index (χ4v) is 4.12. The van der Waals surface area contributed by atoms with Crippen molar-refractivity contribution in [2.75, 3.05) is 39.0 Å². The van der Waals surface area contributed by atoms with Crippen LogP contribution in [0.3, 0.4) is 0 Å². The van der Waals surface area contributed by atoms with Crippen LogP contribution in [0.5, 0.6) is 0 Å². The summed E-state index contributed by atoms with van der Waals surface area (Å²) in [7, 11) is -1.12. The van der Waals surface area contributed by atoms with E-state index >= 15 is 0 Å². The van der Waals surface area contributed by atoms with Crippen LogP contribution >= 0.6 is 0 Å². The van der Waals surface area contributed by atoms with Gasteiger partial charge in [0.1, 0.15) is 0 Å². The van der Waals surface area contributed by atoms with E-state index in [-0.39, 0.29) is 11.7 Å². The van der Waals surface area contributed by atoms with Gasteiger partial charge >= 0.3 is 0 Å². The summed E-state index contributed by atoms with van der Waals surface area (Å²) in [6.07, 6.45) is 0. The Morgan fingerprint density at radius 2 is 1.68 bits per heavy atom. The normalized spacial score (nSPS) is 20.3. The molecule has 1 unspecified atom stereocenters. The summed E-state index contributed by atoms with van der Waals surface area (Å²) in [6, 6.07) is 9.84. The molecule has 0 spiro atoms. The maximum absolute atomic E-state index is 12.4. The third-order valence-electron chi connectivity index (χ3n) is 3.68. The highest BCUT2D eigenvalue weighted by molar-refractivity contribution is 7.89. The fourth-order valence-electron chi connectivity index (χ4n) is 2.37. The van der Waals surface area contributed by atoms with Crippen molar-refractivity contribution in [2.45, 2.75) is 12.8 Å². The van der Waals surface area contributed by atoms with Gasteiger partial charge in [-0.3, -0.25) is 0 Å². The van der Waals surface area contributed by atoms with Crippen molar-refractivity contribution in [3.05, 3.63) is 35.9 Å². The van der Waals surface area contributed by atoms with Crippen LogP contribution in [0.15, 0.2) is 30.3 Å². The molecule has 1 heterocycles. The van der Waals surface area contributed by atoms with Gasteiger partial charge in [-0.2, -0.15) is 4.31 Å². The number of hydrogen-bond acceptors (Lipinski definition) is 3. The van der Waals surface area contributed by atoms with Gasteiger partial charge in [0.25, 0.3) is 0 Å². The van der Waals surface area contributed by atoms with E-state index in [4.69, 9.17) is 0 Å². The van der Waals surface area contributed by atoms with Gasteiger partial charge in [0.05, 0.1) is 5.75 Å². The molecule has 106 valence electrons. The van der Waals surface area contributed by atoms with E-state index in [9.17, 15) is 8.42 Å². The van der Waals surface area contributed by atoms with Crippen molar-refractivity contribution in [3.63, 3.8) is 0 Å². The average molecular weight is 282 g/mol. The minimum absolute atomic E-state index is 0.0332. The SMILES string of the molecule is CC(CS(=O)(=O)N1CCN(C)CC1)c1ccccc1. The van der Waals surface area contributed by atoms with Crippen LogP contribution in [-0.4, -0.2) is 56.6 Å². The Morgan fingerprint density at radius 3 is 2.26 bits per heavy atom. The van der Waals surface area contributed by atoms with Gasteiger partial charge in [0.2, 0.25) is 10.0 Å². The lowest BCUT2D eigenvalue weighted by atomic mass is 10.0. The minimum atomic E-state index is -3.15. The molecule has 1 aliphatic heterocycles. The summed E-state index contributed by atoms with van der Waals surface area (Å²) in [5.41, 5.74) is 1.08. The largest absolute Gasteiger partial charge is 0.304 e. The number of nitrogens with zero attached hydrogens (tertiary/aromatic N) is 2. The second kappa shape index (κ2) is 6.03. The molecule has 4 nitrogen and oxygen atoms in total. The van der Waals surface area contributed by atoms with Gasteiger partial charge in [0, 0.05) is 26.2 Å². The van der Waals surface area contributed by atoms with Gasteiger partial charge in [-0.05, 0) is 18.5 Å². The molecule has 0 N–H and O–H groups in total. The summed E-state index contributed by atoms with van der Waals surface area (Å²) in [6.45, 7) is 4.83. The van der Waals surface area contributed by atoms with E-state index in [2.05, 4.69) is 4.90 Å². The second-order valence-corrected chi connectivity index (χ2v) is 7.31. The zero-order valence-electron chi connectivity index (χ0n) is 11.6. The number of hydrogen-bond donors (Lipinski definition) is 0. The first-order valence-corrected chi connectivity index (χ1v) is 8.31. The van der Waals surface area contributed by atoms with Crippen LogP contribution in [0.25, 0.3) is 0 Å². The summed E-state index contributed by atoms with van der Waals surface area (Å²) < 4.78 is 26.4. The molecule has 0 bridgehead atoms. The Kier molecular flexibility index (Phi) is 4.60. The third-order valence-corrected chi connectivity index (χ3v) is 5.76. The summed E-state index contributed by atoms with van der Waals surface area (Å²) >= 11 is 0. The summed E-state index contributed by atoms with van der Waals surface area (Å²) in [5.74, 6) is 0.228. The highest BCUT2D eigenvalue weighted by Gasteiger charge is 2.27. The zero-order valence-corrected chi connectivity index (χ0v) is 12.4. The predicted octanol–water partition coefficient (Wildman–Crippen LogP) is 1.37. The Morgan fingerprint density at radius 1 is 1.11 bits per heavy atom. The lowest BCUT2D eigenvalue weighted by Gasteiger charge is -2.32. The monoisotopic (exact) mass is 282 g/mol. The first-order chi connectivity index (χ1) is 8.99. The number of benzene rings is 1. The van der Waals surface area contributed by atoms with Gasteiger partial charge in [-0.25, -0.2) is 8.42 Å². The van der Waals surface area contributed by atoms with E-state index in [0.717, 1.165) is 18.7 Å².